The Morgan fingerprint density at radius 2 is 2.09 bits per heavy atom. The van der Waals surface area contributed by atoms with E-state index in [1.54, 1.807) is 24.6 Å². The summed E-state index contributed by atoms with van der Waals surface area (Å²) in [5, 5.41) is 11.2. The van der Waals surface area contributed by atoms with E-state index in [0.29, 0.717) is 16.4 Å². The van der Waals surface area contributed by atoms with Crippen LogP contribution in [0.25, 0.3) is 28.2 Å². The summed E-state index contributed by atoms with van der Waals surface area (Å²) >= 11 is 1.20. The molecule has 0 bridgehead atoms. The van der Waals surface area contributed by atoms with Gasteiger partial charge in [0, 0.05) is 6.20 Å². The van der Waals surface area contributed by atoms with Gasteiger partial charge in [-0.2, -0.15) is 4.98 Å². The topological polar surface area (TPSA) is 156 Å². The van der Waals surface area contributed by atoms with Crippen molar-refractivity contribution < 1.29 is 32.7 Å². The summed E-state index contributed by atoms with van der Waals surface area (Å²) in [5.74, 6) is -0.193. The summed E-state index contributed by atoms with van der Waals surface area (Å²) in [5.41, 5.74) is 0.884. The van der Waals surface area contributed by atoms with Crippen molar-refractivity contribution >= 4 is 36.5 Å². The van der Waals surface area contributed by atoms with Gasteiger partial charge in [0.05, 0.1) is 12.3 Å². The Bertz CT molecular complexity index is 1540. The first-order chi connectivity index (χ1) is 16.3. The number of rotatable bonds is 3. The Hall–Kier alpha value is -2.58. The fourth-order valence-electron chi connectivity index (χ4n) is 4.20. The second-order valence-electron chi connectivity index (χ2n) is 7.79. The minimum atomic E-state index is -4.55. The first kappa shape index (κ1) is 21.9. The number of ether oxygens (including phenoxy) is 1. The molecule has 2 aliphatic rings. The molecule has 0 aliphatic carbocycles. The first-order valence-corrected chi connectivity index (χ1v) is 12.7. The van der Waals surface area contributed by atoms with Crippen LogP contribution in [0.5, 0.6) is 0 Å². The lowest BCUT2D eigenvalue weighted by Gasteiger charge is -2.34. The molecule has 12 nitrogen and oxygen atoms in total. The summed E-state index contributed by atoms with van der Waals surface area (Å²) < 4.78 is 43.2. The van der Waals surface area contributed by atoms with Crippen LogP contribution in [0.1, 0.15) is 6.23 Å². The van der Waals surface area contributed by atoms with Gasteiger partial charge in [-0.05, 0) is 36.1 Å². The van der Waals surface area contributed by atoms with E-state index in [0.717, 1.165) is 0 Å². The highest BCUT2D eigenvalue weighted by Gasteiger charge is 2.51. The normalized spacial score (nSPS) is 29.2. The number of phosphoric acid groups is 1. The zero-order chi connectivity index (χ0) is 23.8. The monoisotopic (exact) mass is 508 g/mol. The van der Waals surface area contributed by atoms with Gasteiger partial charge in [0.1, 0.15) is 24.1 Å². The predicted molar refractivity (Wildman–Crippen MR) is 115 cm³/mol. The number of phosphoric ester groups is 1. The first-order valence-electron chi connectivity index (χ1n) is 10.1. The van der Waals surface area contributed by atoms with E-state index < -0.39 is 37.9 Å². The minimum Gasteiger partial charge on any atom is -0.756 e. The van der Waals surface area contributed by atoms with E-state index in [4.69, 9.17) is 9.26 Å². The van der Waals surface area contributed by atoms with Crippen LogP contribution in [0.4, 0.5) is 4.39 Å². The van der Waals surface area contributed by atoms with Crippen molar-refractivity contribution in [1.29, 1.82) is 0 Å². The standard InChI is InChI=1S/C19H17FN5O7PS/c1-34-19-22-12-15(25(19)17-13(26)14-11(31-17)7-30-33(28,29)32-14)23-18-21-10(6-24(18)16(12)27)8-2-4-9(20)5-3-8/h2-6,11,13-14,17,26H,7H2,1H3,(H,21,23)(H,28,29)/p-1/t11?,13?,14-,17-/m1/s1. The van der Waals surface area contributed by atoms with Gasteiger partial charge in [-0.15, -0.1) is 0 Å². The number of hydrogen-bond acceptors (Lipinski definition) is 10. The van der Waals surface area contributed by atoms with Crippen molar-refractivity contribution in [3.8, 4) is 11.3 Å². The van der Waals surface area contributed by atoms with E-state index in [1.807, 2.05) is 0 Å². The highest BCUT2D eigenvalue weighted by atomic mass is 32.2. The zero-order valence-corrected chi connectivity index (χ0v) is 19.0. The molecule has 3 unspecified atom stereocenters. The predicted octanol–water partition coefficient (Wildman–Crippen LogP) is 1.04. The van der Waals surface area contributed by atoms with Crippen LogP contribution in [0.15, 0.2) is 40.4 Å². The van der Waals surface area contributed by atoms with Gasteiger partial charge < -0.3 is 28.8 Å². The number of aromatic amines is 1. The Morgan fingerprint density at radius 1 is 1.32 bits per heavy atom. The summed E-state index contributed by atoms with van der Waals surface area (Å²) in [7, 11) is -4.55. The molecule has 0 amide bonds. The molecule has 2 saturated heterocycles. The number of thioether (sulfide) groups is 1. The molecule has 15 heteroatoms. The number of halogens is 1. The van der Waals surface area contributed by atoms with Crippen molar-refractivity contribution in [1.82, 2.24) is 23.9 Å². The molecular weight excluding hydrogens is 492 g/mol. The molecule has 2 aliphatic heterocycles. The van der Waals surface area contributed by atoms with E-state index in [1.165, 1.54) is 32.9 Å². The number of imidazole rings is 2. The number of aromatic nitrogens is 5. The second-order valence-corrected chi connectivity index (χ2v) is 9.93. The quantitative estimate of drug-likeness (QED) is 0.303. The van der Waals surface area contributed by atoms with Gasteiger partial charge in [-0.25, -0.2) is 13.8 Å². The largest absolute Gasteiger partial charge is 0.756 e. The van der Waals surface area contributed by atoms with Crippen molar-refractivity contribution in [2.75, 3.05) is 12.9 Å². The second kappa shape index (κ2) is 7.71. The number of H-pyrrole nitrogens is 1. The highest BCUT2D eigenvalue weighted by molar-refractivity contribution is 7.98. The van der Waals surface area contributed by atoms with Gasteiger partial charge in [-0.1, -0.05) is 11.8 Å². The minimum absolute atomic E-state index is 0.0313. The van der Waals surface area contributed by atoms with Crippen LogP contribution in [0.3, 0.4) is 0 Å². The molecule has 0 radical (unpaired) electrons. The maximum atomic E-state index is 13.3. The summed E-state index contributed by atoms with van der Waals surface area (Å²) in [6, 6.07) is 5.74. The zero-order valence-electron chi connectivity index (χ0n) is 17.3. The lowest BCUT2D eigenvalue weighted by molar-refractivity contribution is -0.245. The molecule has 4 aromatic rings. The van der Waals surface area contributed by atoms with Gasteiger partial charge >= 0.3 is 0 Å². The molecule has 2 N–H and O–H groups in total. The number of nitrogens with one attached hydrogen (secondary N) is 1. The molecule has 6 rings (SSSR count). The number of aliphatic hydroxyl groups excluding tert-OH is 1. The summed E-state index contributed by atoms with van der Waals surface area (Å²) in [4.78, 5) is 36.9. The van der Waals surface area contributed by atoms with E-state index in [-0.39, 0.29) is 29.4 Å². The van der Waals surface area contributed by atoms with E-state index in [2.05, 4.69) is 19.5 Å². The smallest absolute Gasteiger partial charge is 0.287 e. The fourth-order valence-corrected chi connectivity index (χ4v) is 5.72. The number of fused-ring (bicyclic) bond motifs is 3. The van der Waals surface area contributed by atoms with Crippen LogP contribution in [0.2, 0.25) is 0 Å². The maximum absolute atomic E-state index is 13.3. The third-order valence-electron chi connectivity index (χ3n) is 5.77. The Morgan fingerprint density at radius 3 is 2.82 bits per heavy atom. The Balaban J connectivity index is 1.49. The average Bonchev–Trinajstić information content (AvgIpc) is 3.48. The van der Waals surface area contributed by atoms with Gasteiger partial charge in [0.2, 0.25) is 5.78 Å². The molecule has 0 saturated carbocycles. The molecule has 1 aromatic carbocycles. The molecule has 5 heterocycles. The maximum Gasteiger partial charge on any atom is 0.287 e. The van der Waals surface area contributed by atoms with Crippen molar-refractivity contribution in [3.05, 3.63) is 46.6 Å². The van der Waals surface area contributed by atoms with E-state index in [9.17, 15) is 23.7 Å². The summed E-state index contributed by atoms with van der Waals surface area (Å²) in [6.45, 7) is -0.307. The van der Waals surface area contributed by atoms with Gasteiger partial charge in [0.15, 0.2) is 22.5 Å². The number of aliphatic hydroxyl groups is 1. The van der Waals surface area contributed by atoms with Crippen LogP contribution in [-0.2, 0) is 18.3 Å². The lowest BCUT2D eigenvalue weighted by atomic mass is 10.1. The van der Waals surface area contributed by atoms with Gasteiger partial charge in [0.25, 0.3) is 13.4 Å². The van der Waals surface area contributed by atoms with Crippen LogP contribution < -0.4 is 10.5 Å². The number of benzene rings is 1. The molecule has 3 aromatic heterocycles. The fraction of sp³-hybridized carbons (Fsp3) is 0.316. The third-order valence-corrected chi connectivity index (χ3v) is 7.39. The Labute approximate surface area is 193 Å². The van der Waals surface area contributed by atoms with Crippen LogP contribution in [0, 0.1) is 5.82 Å². The Kier molecular flexibility index (Phi) is 4.97. The lowest BCUT2D eigenvalue weighted by Crippen LogP contribution is -2.41. The molecule has 34 heavy (non-hydrogen) atoms. The summed E-state index contributed by atoms with van der Waals surface area (Å²) in [6.07, 6.45) is -1.25. The van der Waals surface area contributed by atoms with Crippen molar-refractivity contribution in [2.45, 2.75) is 29.7 Å². The number of hydrogen-bond donors (Lipinski definition) is 2. The molecule has 178 valence electrons. The van der Waals surface area contributed by atoms with Crippen LogP contribution in [-0.4, -0.2) is 60.2 Å². The van der Waals surface area contributed by atoms with E-state index >= 15 is 0 Å². The van der Waals surface area contributed by atoms with Crippen molar-refractivity contribution in [3.63, 3.8) is 0 Å². The average molecular weight is 508 g/mol. The molecule has 0 spiro atoms. The molecular formula is C19H16FN5O7PS-. The van der Waals surface area contributed by atoms with Gasteiger partial charge in [-0.3, -0.25) is 13.9 Å². The molecule has 5 atom stereocenters. The van der Waals surface area contributed by atoms with Crippen molar-refractivity contribution in [2.24, 2.45) is 0 Å². The third kappa shape index (κ3) is 3.33. The highest BCUT2D eigenvalue weighted by Crippen LogP contribution is 2.50. The molecule has 2 fully saturated rings. The number of nitrogens with zero attached hydrogens (tertiary/aromatic N) is 4. The SMILES string of the molecule is CSc1nc2c(=O)n3cc(-c4ccc(F)cc4)[nH]c3nc2n1[C@@H]1OC2COP(=O)([O-])O[C@H]2C1O. The van der Waals surface area contributed by atoms with Crippen LogP contribution >= 0.6 is 19.6 Å².